The summed E-state index contributed by atoms with van der Waals surface area (Å²) in [6, 6.07) is 9.82. The summed E-state index contributed by atoms with van der Waals surface area (Å²) in [6.07, 6.45) is 0.568. The molecule has 1 aromatic carbocycles. The number of nitrogens with zero attached hydrogens (tertiary/aromatic N) is 1. The van der Waals surface area contributed by atoms with Gasteiger partial charge in [0.05, 0.1) is 12.8 Å². The zero-order chi connectivity index (χ0) is 12.3. The number of rotatable bonds is 3. The second-order valence-electron chi connectivity index (χ2n) is 3.68. The molecule has 0 N–H and O–H groups in total. The van der Waals surface area contributed by atoms with Crippen molar-refractivity contribution in [3.05, 3.63) is 53.2 Å². The third-order valence-electron chi connectivity index (χ3n) is 2.41. The third kappa shape index (κ3) is 2.53. The summed E-state index contributed by atoms with van der Waals surface area (Å²) in [4.78, 5) is 15.6. The average molecular weight is 231 g/mol. The lowest BCUT2D eigenvalue weighted by Crippen LogP contribution is -2.00. The van der Waals surface area contributed by atoms with Crippen molar-refractivity contribution in [3.8, 4) is 0 Å². The highest BCUT2D eigenvalue weighted by atomic mass is 16.5. The summed E-state index contributed by atoms with van der Waals surface area (Å²) >= 11 is 0. The largest absolute Gasteiger partial charge is 0.463 e. The highest BCUT2D eigenvalue weighted by molar-refractivity contribution is 5.87. The molecule has 0 aliphatic heterocycles. The molecule has 0 radical (unpaired) electrons. The molecule has 4 heteroatoms. The van der Waals surface area contributed by atoms with Crippen LogP contribution in [0.15, 0.2) is 34.7 Å². The summed E-state index contributed by atoms with van der Waals surface area (Å²) in [5, 5.41) is 0. The lowest BCUT2D eigenvalue weighted by molar-refractivity contribution is 0.0562. The molecule has 2 rings (SSSR count). The predicted octanol–water partition coefficient (Wildman–Crippen LogP) is 2.36. The lowest BCUT2D eigenvalue weighted by atomic mass is 10.1. The van der Waals surface area contributed by atoms with Gasteiger partial charge in [0.2, 0.25) is 5.76 Å². The maximum absolute atomic E-state index is 11.3. The predicted molar refractivity (Wildman–Crippen MR) is 61.8 cm³/mol. The van der Waals surface area contributed by atoms with Crippen molar-refractivity contribution in [2.45, 2.75) is 13.3 Å². The fourth-order valence-electron chi connectivity index (χ4n) is 1.58. The highest BCUT2D eigenvalue weighted by Gasteiger charge is 2.17. The van der Waals surface area contributed by atoms with Gasteiger partial charge in [-0.15, -0.1) is 0 Å². The minimum absolute atomic E-state index is 0.179. The van der Waals surface area contributed by atoms with E-state index in [0.29, 0.717) is 18.0 Å². The van der Waals surface area contributed by atoms with Crippen LogP contribution < -0.4 is 0 Å². The zero-order valence-corrected chi connectivity index (χ0v) is 9.77. The van der Waals surface area contributed by atoms with Crippen LogP contribution in [0.2, 0.25) is 0 Å². The van der Waals surface area contributed by atoms with Crippen molar-refractivity contribution in [2.75, 3.05) is 7.11 Å². The molecule has 0 aliphatic carbocycles. The monoisotopic (exact) mass is 231 g/mol. The Labute approximate surface area is 99.2 Å². The van der Waals surface area contributed by atoms with Gasteiger partial charge in [-0.1, -0.05) is 30.3 Å². The van der Waals surface area contributed by atoms with Gasteiger partial charge in [0, 0.05) is 6.42 Å². The Morgan fingerprint density at radius 1 is 1.35 bits per heavy atom. The molecular formula is C13H13NO3. The van der Waals surface area contributed by atoms with Gasteiger partial charge in [-0.3, -0.25) is 0 Å². The number of esters is 1. The first-order valence-corrected chi connectivity index (χ1v) is 5.29. The van der Waals surface area contributed by atoms with E-state index < -0.39 is 5.97 Å². The fraction of sp³-hybridized carbons (Fsp3) is 0.231. The zero-order valence-electron chi connectivity index (χ0n) is 9.77. The Morgan fingerprint density at radius 3 is 2.71 bits per heavy atom. The number of carbonyl (C=O) groups is 1. The Kier molecular flexibility index (Phi) is 3.23. The van der Waals surface area contributed by atoms with Crippen LogP contribution in [0.5, 0.6) is 0 Å². The van der Waals surface area contributed by atoms with Crippen LogP contribution in [-0.2, 0) is 11.2 Å². The number of hydrogen-bond acceptors (Lipinski definition) is 4. The molecule has 2 aromatic rings. The van der Waals surface area contributed by atoms with Crippen molar-refractivity contribution in [1.82, 2.24) is 4.98 Å². The van der Waals surface area contributed by atoms with E-state index in [2.05, 4.69) is 9.72 Å². The third-order valence-corrected chi connectivity index (χ3v) is 2.41. The molecule has 0 aliphatic rings. The van der Waals surface area contributed by atoms with Gasteiger partial charge < -0.3 is 9.15 Å². The number of methoxy groups -OCH3 is 1. The molecule has 0 unspecified atom stereocenters. The normalized spacial score (nSPS) is 10.2. The second kappa shape index (κ2) is 4.82. The van der Waals surface area contributed by atoms with Gasteiger partial charge >= 0.3 is 5.97 Å². The van der Waals surface area contributed by atoms with Crippen LogP contribution in [0.25, 0.3) is 0 Å². The second-order valence-corrected chi connectivity index (χ2v) is 3.68. The van der Waals surface area contributed by atoms with Gasteiger partial charge in [-0.25, -0.2) is 9.78 Å². The standard InChI is InChI=1S/C13H13NO3/c1-9-12(13(15)16-2)17-11(14-9)8-10-6-4-3-5-7-10/h3-7H,8H2,1-2H3. The minimum Gasteiger partial charge on any atom is -0.463 e. The van der Waals surface area contributed by atoms with E-state index in [-0.39, 0.29) is 5.76 Å². The summed E-state index contributed by atoms with van der Waals surface area (Å²) < 4.78 is 9.99. The Morgan fingerprint density at radius 2 is 2.06 bits per heavy atom. The minimum atomic E-state index is -0.491. The van der Waals surface area contributed by atoms with E-state index in [1.165, 1.54) is 7.11 Å². The molecule has 1 aromatic heterocycles. The van der Waals surface area contributed by atoms with Crippen molar-refractivity contribution in [3.63, 3.8) is 0 Å². The molecule has 0 atom stereocenters. The topological polar surface area (TPSA) is 52.3 Å². The van der Waals surface area contributed by atoms with E-state index >= 15 is 0 Å². The molecule has 0 fully saturated rings. The van der Waals surface area contributed by atoms with Crippen LogP contribution in [0.4, 0.5) is 0 Å². The molecule has 1 heterocycles. The van der Waals surface area contributed by atoms with E-state index in [1.54, 1.807) is 6.92 Å². The van der Waals surface area contributed by atoms with Gasteiger partial charge in [-0.2, -0.15) is 0 Å². The van der Waals surface area contributed by atoms with Crippen molar-refractivity contribution in [1.29, 1.82) is 0 Å². The maximum atomic E-state index is 11.3. The first-order chi connectivity index (χ1) is 8.20. The number of aromatic nitrogens is 1. The summed E-state index contributed by atoms with van der Waals surface area (Å²) in [6.45, 7) is 1.73. The van der Waals surface area contributed by atoms with Crippen molar-refractivity contribution in [2.24, 2.45) is 0 Å². The average Bonchev–Trinajstić information content (AvgIpc) is 2.70. The van der Waals surface area contributed by atoms with E-state index in [9.17, 15) is 4.79 Å². The van der Waals surface area contributed by atoms with Crippen molar-refractivity contribution < 1.29 is 13.9 Å². The van der Waals surface area contributed by atoms with Crippen LogP contribution in [0, 0.1) is 6.92 Å². The van der Waals surface area contributed by atoms with Crippen LogP contribution in [0.3, 0.4) is 0 Å². The maximum Gasteiger partial charge on any atom is 0.375 e. The number of oxazole rings is 1. The highest BCUT2D eigenvalue weighted by Crippen LogP contribution is 2.14. The smallest absolute Gasteiger partial charge is 0.375 e. The number of benzene rings is 1. The molecule has 4 nitrogen and oxygen atoms in total. The molecule has 0 saturated carbocycles. The molecule has 17 heavy (non-hydrogen) atoms. The van der Waals surface area contributed by atoms with E-state index in [0.717, 1.165) is 5.56 Å². The first kappa shape index (κ1) is 11.4. The number of ether oxygens (including phenoxy) is 1. The first-order valence-electron chi connectivity index (χ1n) is 5.29. The summed E-state index contributed by atoms with van der Waals surface area (Å²) in [5.74, 6) is 0.210. The van der Waals surface area contributed by atoms with Gasteiger partial charge in [0.15, 0.2) is 5.89 Å². The molecule has 0 bridgehead atoms. The lowest BCUT2D eigenvalue weighted by Gasteiger charge is -1.96. The molecule has 0 amide bonds. The van der Waals surface area contributed by atoms with E-state index in [1.807, 2.05) is 30.3 Å². The number of aryl methyl sites for hydroxylation is 1. The summed E-state index contributed by atoms with van der Waals surface area (Å²) in [7, 11) is 1.32. The van der Waals surface area contributed by atoms with Gasteiger partial charge in [0.1, 0.15) is 0 Å². The Bertz CT molecular complexity index is 517. The van der Waals surface area contributed by atoms with Crippen LogP contribution >= 0.6 is 0 Å². The Hall–Kier alpha value is -2.10. The molecular weight excluding hydrogens is 218 g/mol. The van der Waals surface area contributed by atoms with Crippen LogP contribution in [-0.4, -0.2) is 18.1 Å². The van der Waals surface area contributed by atoms with Crippen LogP contribution in [0.1, 0.15) is 27.7 Å². The molecule has 0 spiro atoms. The fourth-order valence-corrected chi connectivity index (χ4v) is 1.58. The van der Waals surface area contributed by atoms with Gasteiger partial charge in [-0.05, 0) is 12.5 Å². The summed E-state index contributed by atoms with van der Waals surface area (Å²) in [5.41, 5.74) is 1.65. The molecule has 88 valence electrons. The number of carbonyl (C=O) groups excluding carboxylic acids is 1. The quantitative estimate of drug-likeness (QED) is 0.761. The Balaban J connectivity index is 2.21. The SMILES string of the molecule is COC(=O)c1oc(Cc2ccccc2)nc1C. The number of hydrogen-bond donors (Lipinski definition) is 0. The molecule has 0 saturated heterocycles. The van der Waals surface area contributed by atoms with E-state index in [4.69, 9.17) is 4.42 Å². The van der Waals surface area contributed by atoms with Gasteiger partial charge in [0.25, 0.3) is 0 Å². The van der Waals surface area contributed by atoms with Crippen molar-refractivity contribution >= 4 is 5.97 Å².